The van der Waals surface area contributed by atoms with Crippen LogP contribution in [0.1, 0.15) is 26.2 Å². The van der Waals surface area contributed by atoms with E-state index in [-0.39, 0.29) is 11.8 Å². The van der Waals surface area contributed by atoms with Crippen molar-refractivity contribution in [1.82, 2.24) is 5.32 Å². The van der Waals surface area contributed by atoms with Crippen LogP contribution in [0.5, 0.6) is 0 Å². The van der Waals surface area contributed by atoms with Crippen LogP contribution in [0.15, 0.2) is 23.9 Å². The number of amides is 1. The molecule has 16 heavy (non-hydrogen) atoms. The highest BCUT2D eigenvalue weighted by atomic mass is 16.5. The van der Waals surface area contributed by atoms with Gasteiger partial charge in [0.15, 0.2) is 6.29 Å². The second-order valence-electron chi connectivity index (χ2n) is 4.67. The molecule has 2 aliphatic rings. The predicted octanol–water partition coefficient (Wildman–Crippen LogP) is 0.673. The van der Waals surface area contributed by atoms with Crippen LogP contribution in [0.25, 0.3) is 0 Å². The number of nitrogens with one attached hydrogen (secondary N) is 1. The van der Waals surface area contributed by atoms with Crippen molar-refractivity contribution in [3.05, 3.63) is 23.9 Å². The molecule has 4 heteroatoms. The first-order chi connectivity index (χ1) is 7.56. The quantitative estimate of drug-likeness (QED) is 0.616. The molecule has 2 rings (SSSR count). The van der Waals surface area contributed by atoms with Gasteiger partial charge in [-0.3, -0.25) is 4.79 Å². The summed E-state index contributed by atoms with van der Waals surface area (Å²) in [6.45, 7) is 2.03. The summed E-state index contributed by atoms with van der Waals surface area (Å²) in [5, 5.41) is 21.1. The van der Waals surface area contributed by atoms with E-state index in [1.54, 1.807) is 0 Å². The summed E-state index contributed by atoms with van der Waals surface area (Å²) >= 11 is 0. The van der Waals surface area contributed by atoms with Crippen LogP contribution in [-0.4, -0.2) is 22.4 Å². The Hall–Kier alpha value is -1.13. The van der Waals surface area contributed by atoms with Crippen molar-refractivity contribution in [2.75, 3.05) is 0 Å². The summed E-state index contributed by atoms with van der Waals surface area (Å²) in [6, 6.07) is 0. The fourth-order valence-corrected chi connectivity index (χ4v) is 1.90. The van der Waals surface area contributed by atoms with Gasteiger partial charge in [-0.1, -0.05) is 19.1 Å². The Morgan fingerprint density at radius 1 is 1.56 bits per heavy atom. The summed E-state index contributed by atoms with van der Waals surface area (Å²) < 4.78 is 0. The molecule has 1 fully saturated rings. The third kappa shape index (κ3) is 1.90. The second-order valence-corrected chi connectivity index (χ2v) is 4.67. The van der Waals surface area contributed by atoms with E-state index in [1.807, 2.05) is 25.2 Å². The van der Waals surface area contributed by atoms with Gasteiger partial charge in [0.2, 0.25) is 5.91 Å². The minimum Gasteiger partial charge on any atom is -0.367 e. The number of allylic oxidation sites excluding steroid dienone is 4. The number of hydrogen-bond donors (Lipinski definition) is 3. The molecule has 1 amide bonds. The summed E-state index contributed by atoms with van der Waals surface area (Å²) in [7, 11) is 0. The Morgan fingerprint density at radius 3 is 2.75 bits per heavy atom. The number of carbonyl (C=O) groups excluding carboxylic acids is 1. The van der Waals surface area contributed by atoms with Crippen LogP contribution < -0.4 is 5.32 Å². The molecule has 2 aliphatic carbocycles. The molecule has 1 saturated carbocycles. The highest BCUT2D eigenvalue weighted by Crippen LogP contribution is 2.48. The summed E-state index contributed by atoms with van der Waals surface area (Å²) in [5.41, 5.74) is -0.0960. The normalized spacial score (nSPS) is 26.5. The fraction of sp³-hybridized carbons (Fsp3) is 0.583. The van der Waals surface area contributed by atoms with Gasteiger partial charge in [0.25, 0.3) is 0 Å². The van der Waals surface area contributed by atoms with Crippen molar-refractivity contribution < 1.29 is 15.0 Å². The van der Waals surface area contributed by atoms with Gasteiger partial charge in [0.1, 0.15) is 0 Å². The van der Waals surface area contributed by atoms with Gasteiger partial charge < -0.3 is 15.5 Å². The van der Waals surface area contributed by atoms with Gasteiger partial charge in [0, 0.05) is 5.70 Å². The van der Waals surface area contributed by atoms with Crippen LogP contribution in [0, 0.1) is 11.3 Å². The van der Waals surface area contributed by atoms with Gasteiger partial charge in [-0.2, -0.15) is 0 Å². The average Bonchev–Trinajstić information content (AvgIpc) is 3.02. The molecule has 1 atom stereocenters. The number of carbonyl (C=O) groups is 1. The largest absolute Gasteiger partial charge is 0.367 e. The van der Waals surface area contributed by atoms with E-state index < -0.39 is 11.7 Å². The second kappa shape index (κ2) is 4.03. The monoisotopic (exact) mass is 223 g/mol. The van der Waals surface area contributed by atoms with Crippen molar-refractivity contribution in [2.24, 2.45) is 11.3 Å². The van der Waals surface area contributed by atoms with Gasteiger partial charge in [-0.25, -0.2) is 0 Å². The van der Waals surface area contributed by atoms with E-state index in [1.165, 1.54) is 0 Å². The molecule has 0 aromatic heterocycles. The fourth-order valence-electron chi connectivity index (χ4n) is 1.90. The van der Waals surface area contributed by atoms with Crippen molar-refractivity contribution in [3.63, 3.8) is 0 Å². The summed E-state index contributed by atoms with van der Waals surface area (Å²) in [6.07, 6.45) is 6.27. The van der Waals surface area contributed by atoms with Crippen LogP contribution in [0.2, 0.25) is 0 Å². The Morgan fingerprint density at radius 2 is 2.25 bits per heavy atom. The topological polar surface area (TPSA) is 69.6 Å². The minimum absolute atomic E-state index is 0.268. The van der Waals surface area contributed by atoms with Crippen LogP contribution in [0.3, 0.4) is 0 Å². The van der Waals surface area contributed by atoms with Crippen molar-refractivity contribution in [3.8, 4) is 0 Å². The highest BCUT2D eigenvalue weighted by Gasteiger charge is 2.55. The average molecular weight is 223 g/mol. The summed E-state index contributed by atoms with van der Waals surface area (Å²) in [4.78, 5) is 11.9. The van der Waals surface area contributed by atoms with Crippen LogP contribution >= 0.6 is 0 Å². The van der Waals surface area contributed by atoms with E-state index >= 15 is 0 Å². The molecule has 0 radical (unpaired) electrons. The van der Waals surface area contributed by atoms with E-state index in [4.69, 9.17) is 10.2 Å². The lowest BCUT2D eigenvalue weighted by Crippen LogP contribution is -2.40. The molecule has 0 saturated heterocycles. The zero-order valence-electron chi connectivity index (χ0n) is 9.31. The first-order valence-corrected chi connectivity index (χ1v) is 5.60. The molecule has 3 N–H and O–H groups in total. The predicted molar refractivity (Wildman–Crippen MR) is 59.0 cm³/mol. The molecular formula is C12H17NO3. The molecule has 0 spiro atoms. The third-order valence-electron chi connectivity index (χ3n) is 3.43. The molecule has 88 valence electrons. The molecule has 0 heterocycles. The first-order valence-electron chi connectivity index (χ1n) is 5.60. The van der Waals surface area contributed by atoms with E-state index in [0.717, 1.165) is 12.1 Å². The van der Waals surface area contributed by atoms with E-state index in [0.29, 0.717) is 12.8 Å². The SMILES string of the molecule is C[C@@H]1CC=CC=C1NC(=O)C1(C(O)O)CC1. The zero-order valence-corrected chi connectivity index (χ0v) is 9.31. The molecule has 4 nitrogen and oxygen atoms in total. The Kier molecular flexibility index (Phi) is 2.86. The maximum absolute atomic E-state index is 11.9. The molecule has 0 bridgehead atoms. The van der Waals surface area contributed by atoms with Crippen molar-refractivity contribution >= 4 is 5.91 Å². The summed E-state index contributed by atoms with van der Waals surface area (Å²) in [5.74, 6) is 0.0106. The molecule has 0 aromatic carbocycles. The number of hydrogen-bond acceptors (Lipinski definition) is 3. The number of aliphatic hydroxyl groups excluding tert-OH is 1. The number of aliphatic hydroxyl groups is 2. The third-order valence-corrected chi connectivity index (χ3v) is 3.43. The molecule has 0 aromatic rings. The molecule has 0 aliphatic heterocycles. The van der Waals surface area contributed by atoms with Crippen molar-refractivity contribution in [1.29, 1.82) is 0 Å². The van der Waals surface area contributed by atoms with Gasteiger partial charge >= 0.3 is 0 Å². The maximum Gasteiger partial charge on any atom is 0.235 e. The lowest BCUT2D eigenvalue weighted by molar-refractivity contribution is -0.146. The van der Waals surface area contributed by atoms with Gasteiger partial charge in [-0.05, 0) is 31.3 Å². The lowest BCUT2D eigenvalue weighted by Gasteiger charge is -2.22. The highest BCUT2D eigenvalue weighted by molar-refractivity contribution is 5.87. The van der Waals surface area contributed by atoms with Gasteiger partial charge in [-0.15, -0.1) is 0 Å². The smallest absolute Gasteiger partial charge is 0.235 e. The van der Waals surface area contributed by atoms with Crippen LogP contribution in [-0.2, 0) is 4.79 Å². The minimum atomic E-state index is -1.55. The lowest BCUT2D eigenvalue weighted by atomic mass is 9.97. The van der Waals surface area contributed by atoms with Crippen LogP contribution in [0.4, 0.5) is 0 Å². The van der Waals surface area contributed by atoms with E-state index in [2.05, 4.69) is 5.32 Å². The standard InChI is InChI=1S/C12H17NO3/c1-8-4-2-3-5-9(8)13-10(14)12(6-7-12)11(15)16/h2-3,5,8,11,15-16H,4,6-7H2,1H3,(H,13,14)/t8-/m1/s1. The van der Waals surface area contributed by atoms with Crippen molar-refractivity contribution in [2.45, 2.75) is 32.5 Å². The first kappa shape index (κ1) is 11.4. The number of rotatable bonds is 3. The molecule has 0 unspecified atom stereocenters. The molecular weight excluding hydrogens is 206 g/mol. The van der Waals surface area contributed by atoms with Gasteiger partial charge in [0.05, 0.1) is 5.41 Å². The Balaban J connectivity index is 2.03. The Labute approximate surface area is 94.7 Å². The maximum atomic E-state index is 11.9. The van der Waals surface area contributed by atoms with E-state index in [9.17, 15) is 4.79 Å². The Bertz CT molecular complexity index is 353. The zero-order chi connectivity index (χ0) is 11.8.